The van der Waals surface area contributed by atoms with Crippen molar-refractivity contribution in [2.45, 2.75) is 0 Å². The minimum atomic E-state index is -0.383. The first-order chi connectivity index (χ1) is 9.41. The molecule has 20 heavy (non-hydrogen) atoms. The van der Waals surface area contributed by atoms with Crippen molar-refractivity contribution in [2.24, 2.45) is 0 Å². The van der Waals surface area contributed by atoms with Crippen LogP contribution in [0.5, 0.6) is 0 Å². The summed E-state index contributed by atoms with van der Waals surface area (Å²) in [5, 5.41) is 0.349. The first kappa shape index (κ1) is 14.7. The maximum atomic E-state index is 13.8. The topological polar surface area (TPSA) is 49.6 Å². The van der Waals surface area contributed by atoms with Gasteiger partial charge in [-0.1, -0.05) is 6.07 Å². The Morgan fingerprint density at radius 3 is 2.60 bits per heavy atom. The van der Waals surface area contributed by atoms with E-state index in [1.807, 2.05) is 19.0 Å². The predicted octanol–water partition coefficient (Wildman–Crippen LogP) is 2.26. The Kier molecular flexibility index (Phi) is 4.25. The van der Waals surface area contributed by atoms with Gasteiger partial charge in [-0.3, -0.25) is 4.79 Å². The van der Waals surface area contributed by atoms with Gasteiger partial charge in [0.25, 0.3) is 5.91 Å². The number of rotatable bonds is 4. The molecule has 6 heteroatoms. The zero-order valence-electron chi connectivity index (χ0n) is 11.8. The molecule has 1 amide bonds. The Morgan fingerprint density at radius 2 is 2.00 bits per heavy atom. The van der Waals surface area contributed by atoms with E-state index in [1.165, 1.54) is 17.4 Å². The Morgan fingerprint density at radius 1 is 1.30 bits per heavy atom. The van der Waals surface area contributed by atoms with E-state index in [1.54, 1.807) is 24.1 Å². The molecule has 0 fully saturated rings. The van der Waals surface area contributed by atoms with Gasteiger partial charge < -0.3 is 15.5 Å². The number of carbonyl (C=O) groups is 1. The third-order valence-corrected chi connectivity index (χ3v) is 4.28. The van der Waals surface area contributed by atoms with Crippen LogP contribution in [-0.2, 0) is 0 Å². The van der Waals surface area contributed by atoms with Crippen molar-refractivity contribution in [2.75, 3.05) is 40.0 Å². The Labute approximate surface area is 121 Å². The number of carbonyl (C=O) groups excluding carboxylic acids is 1. The van der Waals surface area contributed by atoms with Gasteiger partial charge in [0.1, 0.15) is 10.7 Å². The lowest BCUT2D eigenvalue weighted by Gasteiger charge is -2.19. The molecule has 0 radical (unpaired) electrons. The number of fused-ring (bicyclic) bond motifs is 1. The van der Waals surface area contributed by atoms with E-state index in [-0.39, 0.29) is 17.4 Å². The Hall–Kier alpha value is -1.66. The molecule has 0 aliphatic rings. The SMILES string of the molecule is CN(C)CCN(C)C(=O)c1sc2cccc(F)c2c1N. The molecule has 2 aromatic rings. The highest BCUT2D eigenvalue weighted by Crippen LogP contribution is 2.35. The summed E-state index contributed by atoms with van der Waals surface area (Å²) >= 11 is 1.24. The highest BCUT2D eigenvalue weighted by atomic mass is 32.1. The van der Waals surface area contributed by atoms with Gasteiger partial charge in [-0.2, -0.15) is 0 Å². The minimum absolute atomic E-state index is 0.162. The van der Waals surface area contributed by atoms with Gasteiger partial charge in [0.15, 0.2) is 0 Å². The van der Waals surface area contributed by atoms with Crippen LogP contribution in [0.1, 0.15) is 9.67 Å². The molecule has 0 aliphatic heterocycles. The molecule has 1 aromatic heterocycles. The van der Waals surface area contributed by atoms with Crippen LogP contribution in [0.4, 0.5) is 10.1 Å². The van der Waals surface area contributed by atoms with Crippen molar-refractivity contribution in [3.63, 3.8) is 0 Å². The molecular weight excluding hydrogens is 277 g/mol. The normalized spacial score (nSPS) is 11.2. The Bertz CT molecular complexity index is 639. The highest BCUT2D eigenvalue weighted by molar-refractivity contribution is 7.21. The van der Waals surface area contributed by atoms with Crippen molar-refractivity contribution in [1.82, 2.24) is 9.80 Å². The second kappa shape index (κ2) is 5.76. The second-order valence-corrected chi connectivity index (χ2v) is 6.04. The largest absolute Gasteiger partial charge is 0.397 e. The third kappa shape index (κ3) is 2.76. The number of thiophene rings is 1. The number of anilines is 1. The smallest absolute Gasteiger partial charge is 0.265 e. The van der Waals surface area contributed by atoms with Crippen LogP contribution >= 0.6 is 11.3 Å². The summed E-state index contributed by atoms with van der Waals surface area (Å²) in [7, 11) is 5.62. The minimum Gasteiger partial charge on any atom is -0.397 e. The number of nitrogen functional groups attached to an aromatic ring is 1. The molecule has 0 spiro atoms. The van der Waals surface area contributed by atoms with Gasteiger partial charge in [0.2, 0.25) is 0 Å². The molecule has 0 saturated heterocycles. The molecule has 108 valence electrons. The number of likely N-dealkylation sites (N-methyl/N-ethyl adjacent to an activating group) is 2. The molecule has 0 bridgehead atoms. The Balaban J connectivity index is 2.31. The van der Waals surface area contributed by atoms with Crippen LogP contribution in [0.3, 0.4) is 0 Å². The summed E-state index contributed by atoms with van der Waals surface area (Å²) in [6.07, 6.45) is 0. The first-order valence-corrected chi connectivity index (χ1v) is 7.10. The lowest BCUT2D eigenvalue weighted by atomic mass is 10.2. The summed E-state index contributed by atoms with van der Waals surface area (Å²) in [5.41, 5.74) is 6.19. The number of nitrogens with zero attached hydrogens (tertiary/aromatic N) is 2. The molecule has 1 heterocycles. The standard InChI is InChI=1S/C14H18FN3OS/c1-17(2)7-8-18(3)14(19)13-12(16)11-9(15)5-4-6-10(11)20-13/h4-6H,7-8,16H2,1-3H3. The number of halogens is 1. The van der Waals surface area contributed by atoms with E-state index in [0.29, 0.717) is 21.5 Å². The van der Waals surface area contributed by atoms with Gasteiger partial charge in [0.05, 0.1) is 11.1 Å². The summed E-state index contributed by atoms with van der Waals surface area (Å²) in [5.74, 6) is -0.545. The third-order valence-electron chi connectivity index (χ3n) is 3.12. The van der Waals surface area contributed by atoms with Crippen LogP contribution in [0.2, 0.25) is 0 Å². The summed E-state index contributed by atoms with van der Waals surface area (Å²) in [4.78, 5) is 16.4. The molecule has 0 atom stereocenters. The lowest BCUT2D eigenvalue weighted by molar-refractivity contribution is 0.0792. The van der Waals surface area contributed by atoms with E-state index in [4.69, 9.17) is 5.73 Å². The van der Waals surface area contributed by atoms with Crippen molar-refractivity contribution >= 4 is 33.0 Å². The molecular formula is C14H18FN3OS. The summed E-state index contributed by atoms with van der Waals surface area (Å²) < 4.78 is 14.5. The van der Waals surface area contributed by atoms with Crippen LogP contribution in [-0.4, -0.2) is 49.9 Å². The van der Waals surface area contributed by atoms with E-state index >= 15 is 0 Å². The van der Waals surface area contributed by atoms with E-state index < -0.39 is 0 Å². The van der Waals surface area contributed by atoms with Crippen molar-refractivity contribution in [1.29, 1.82) is 0 Å². The summed E-state index contributed by atoms with van der Waals surface area (Å²) in [6, 6.07) is 4.75. The van der Waals surface area contributed by atoms with Gasteiger partial charge in [0, 0.05) is 24.8 Å². The zero-order chi connectivity index (χ0) is 14.9. The van der Waals surface area contributed by atoms with E-state index in [2.05, 4.69) is 0 Å². The molecule has 0 unspecified atom stereocenters. The van der Waals surface area contributed by atoms with Crippen molar-refractivity contribution < 1.29 is 9.18 Å². The molecule has 4 nitrogen and oxygen atoms in total. The monoisotopic (exact) mass is 295 g/mol. The number of nitrogens with two attached hydrogens (primary N) is 1. The second-order valence-electron chi connectivity index (χ2n) is 4.99. The van der Waals surface area contributed by atoms with E-state index in [0.717, 1.165) is 6.54 Å². The first-order valence-electron chi connectivity index (χ1n) is 6.28. The maximum Gasteiger partial charge on any atom is 0.265 e. The van der Waals surface area contributed by atoms with Crippen LogP contribution in [0.25, 0.3) is 10.1 Å². The number of benzene rings is 1. The summed E-state index contributed by atoms with van der Waals surface area (Å²) in [6.45, 7) is 1.36. The average molecular weight is 295 g/mol. The lowest BCUT2D eigenvalue weighted by Crippen LogP contribution is -2.33. The predicted molar refractivity (Wildman–Crippen MR) is 81.7 cm³/mol. The quantitative estimate of drug-likeness (QED) is 0.941. The molecule has 0 saturated carbocycles. The average Bonchev–Trinajstić information content (AvgIpc) is 2.73. The number of amides is 1. The molecule has 0 aliphatic carbocycles. The van der Waals surface area contributed by atoms with Gasteiger partial charge in [-0.25, -0.2) is 4.39 Å². The van der Waals surface area contributed by atoms with Gasteiger partial charge >= 0.3 is 0 Å². The zero-order valence-corrected chi connectivity index (χ0v) is 12.6. The van der Waals surface area contributed by atoms with Crippen LogP contribution in [0, 0.1) is 5.82 Å². The molecule has 2 rings (SSSR count). The molecule has 2 N–H and O–H groups in total. The maximum absolute atomic E-state index is 13.8. The number of hydrogen-bond acceptors (Lipinski definition) is 4. The highest BCUT2D eigenvalue weighted by Gasteiger charge is 2.21. The van der Waals surface area contributed by atoms with Crippen LogP contribution < -0.4 is 5.73 Å². The van der Waals surface area contributed by atoms with Crippen molar-refractivity contribution in [3.8, 4) is 0 Å². The van der Waals surface area contributed by atoms with E-state index in [9.17, 15) is 9.18 Å². The molecule has 1 aromatic carbocycles. The fourth-order valence-corrected chi connectivity index (χ4v) is 3.04. The van der Waals surface area contributed by atoms with Gasteiger partial charge in [-0.15, -0.1) is 11.3 Å². The number of hydrogen-bond donors (Lipinski definition) is 1. The fraction of sp³-hybridized carbons (Fsp3) is 0.357. The van der Waals surface area contributed by atoms with Gasteiger partial charge in [-0.05, 0) is 26.2 Å². The van der Waals surface area contributed by atoms with Crippen molar-refractivity contribution in [3.05, 3.63) is 28.9 Å². The fourth-order valence-electron chi connectivity index (χ4n) is 1.91. The van der Waals surface area contributed by atoms with Crippen LogP contribution in [0.15, 0.2) is 18.2 Å².